The Bertz CT molecular complexity index is 2090. The molecule has 111 heavy (non-hydrogen) atoms. The van der Waals surface area contributed by atoms with E-state index < -0.39 is 97.5 Å². The second kappa shape index (κ2) is 85.9. The van der Waals surface area contributed by atoms with E-state index in [0.717, 1.165) is 89.9 Å². The number of hydrogen-bond donors (Lipinski definition) is 3. The smallest absolute Gasteiger partial charge is 0.462 e. The fraction of sp³-hybridized carbons (Fsp3) is 0.957. The highest BCUT2D eigenvalue weighted by atomic mass is 31.2. The van der Waals surface area contributed by atoms with Gasteiger partial charge < -0.3 is 33.8 Å². The summed E-state index contributed by atoms with van der Waals surface area (Å²) in [6.07, 6.45) is 83.7. The largest absolute Gasteiger partial charge is 0.472 e. The van der Waals surface area contributed by atoms with Gasteiger partial charge >= 0.3 is 39.5 Å². The Kier molecular flexibility index (Phi) is 84.4. The van der Waals surface area contributed by atoms with Gasteiger partial charge in [-0.05, 0) is 25.7 Å². The lowest BCUT2D eigenvalue weighted by Gasteiger charge is -2.21. The molecule has 0 fully saturated rings. The molecule has 2 unspecified atom stereocenters. The maximum atomic E-state index is 13.2. The summed E-state index contributed by atoms with van der Waals surface area (Å²) in [5.41, 5.74) is 0. The lowest BCUT2D eigenvalue weighted by molar-refractivity contribution is -0.161. The van der Waals surface area contributed by atoms with Crippen LogP contribution in [0.1, 0.15) is 509 Å². The van der Waals surface area contributed by atoms with E-state index in [4.69, 9.17) is 37.0 Å². The molecule has 0 spiro atoms. The molecule has 0 saturated carbocycles. The first kappa shape index (κ1) is 109. The number of ether oxygens (including phenoxy) is 4. The highest BCUT2D eigenvalue weighted by molar-refractivity contribution is 7.47. The average molecular weight is 1620 g/mol. The van der Waals surface area contributed by atoms with E-state index in [1.165, 1.54) is 340 Å². The highest BCUT2D eigenvalue weighted by Gasteiger charge is 2.31. The number of carbonyl (C=O) groups excluding carboxylic acids is 4. The predicted octanol–water partition coefficient (Wildman–Crippen LogP) is 28.9. The van der Waals surface area contributed by atoms with Crippen LogP contribution in [0, 0.1) is 0 Å². The molecular formula is C92H180O17P2. The zero-order valence-corrected chi connectivity index (χ0v) is 74.7. The van der Waals surface area contributed by atoms with E-state index in [1.54, 1.807) is 0 Å². The molecule has 0 aromatic carbocycles. The lowest BCUT2D eigenvalue weighted by atomic mass is 10.0. The molecule has 0 rings (SSSR count). The van der Waals surface area contributed by atoms with Crippen molar-refractivity contribution in [2.75, 3.05) is 39.6 Å². The Morgan fingerprint density at radius 2 is 0.360 bits per heavy atom. The number of rotatable bonds is 93. The van der Waals surface area contributed by atoms with Gasteiger partial charge in [-0.2, -0.15) is 0 Å². The summed E-state index contributed by atoms with van der Waals surface area (Å²) < 4.78 is 69.0. The SMILES string of the molecule is CCCCCCCCCCCCCCCCCCCCCCCCC(=O)OC[C@H](COP(=O)(O)OC[C@@H](O)COP(=O)(O)OC[C@@H](COC(=O)CCCCCCCCCCC)OC(=O)CCCCCCCCCCCCCCCCCCCC)OC(=O)CCCCCCCCCCCCCCCCCCCCCCCC. The van der Waals surface area contributed by atoms with Gasteiger partial charge in [0.15, 0.2) is 12.2 Å². The highest BCUT2D eigenvalue weighted by Crippen LogP contribution is 2.45. The van der Waals surface area contributed by atoms with Gasteiger partial charge in [0, 0.05) is 25.7 Å². The van der Waals surface area contributed by atoms with Crippen LogP contribution in [0.25, 0.3) is 0 Å². The van der Waals surface area contributed by atoms with Gasteiger partial charge in [-0.1, -0.05) is 458 Å². The Morgan fingerprint density at radius 3 is 0.532 bits per heavy atom. The first-order valence-corrected chi connectivity index (χ1v) is 50.8. The van der Waals surface area contributed by atoms with E-state index in [9.17, 15) is 43.2 Å². The van der Waals surface area contributed by atoms with Crippen molar-refractivity contribution in [1.29, 1.82) is 0 Å². The van der Waals surface area contributed by atoms with Crippen molar-refractivity contribution in [2.24, 2.45) is 0 Å². The topological polar surface area (TPSA) is 237 Å². The second-order valence-electron chi connectivity index (χ2n) is 33.1. The first-order chi connectivity index (χ1) is 54.2. The molecule has 0 amide bonds. The zero-order chi connectivity index (χ0) is 81.0. The maximum Gasteiger partial charge on any atom is 0.472 e. The van der Waals surface area contributed by atoms with Gasteiger partial charge in [-0.3, -0.25) is 37.3 Å². The van der Waals surface area contributed by atoms with Gasteiger partial charge in [-0.25, -0.2) is 9.13 Å². The van der Waals surface area contributed by atoms with E-state index >= 15 is 0 Å². The van der Waals surface area contributed by atoms with E-state index in [1.807, 2.05) is 0 Å². The second-order valence-corrected chi connectivity index (χ2v) is 36.0. The molecule has 0 saturated heterocycles. The van der Waals surface area contributed by atoms with Crippen LogP contribution < -0.4 is 0 Å². The molecule has 660 valence electrons. The molecule has 0 aliphatic carbocycles. The number of esters is 4. The van der Waals surface area contributed by atoms with Crippen LogP contribution in [0.3, 0.4) is 0 Å². The van der Waals surface area contributed by atoms with Crippen LogP contribution in [-0.2, 0) is 65.4 Å². The first-order valence-electron chi connectivity index (χ1n) is 47.8. The molecule has 19 heteroatoms. The van der Waals surface area contributed by atoms with Crippen LogP contribution in [0.5, 0.6) is 0 Å². The Balaban J connectivity index is 5.18. The number of hydrogen-bond acceptors (Lipinski definition) is 15. The summed E-state index contributed by atoms with van der Waals surface area (Å²) in [6, 6.07) is 0. The molecule has 0 aliphatic heterocycles. The monoisotopic (exact) mass is 1620 g/mol. The van der Waals surface area contributed by atoms with Gasteiger partial charge in [-0.15, -0.1) is 0 Å². The van der Waals surface area contributed by atoms with Crippen LogP contribution in [-0.4, -0.2) is 96.7 Å². The third-order valence-electron chi connectivity index (χ3n) is 21.9. The number of aliphatic hydroxyl groups excluding tert-OH is 1. The average Bonchev–Trinajstić information content (AvgIpc) is 0.898. The molecule has 0 aromatic rings. The third-order valence-corrected chi connectivity index (χ3v) is 23.8. The molecule has 3 N–H and O–H groups in total. The normalized spacial score (nSPS) is 13.6. The Hall–Kier alpha value is -1.94. The van der Waals surface area contributed by atoms with Crippen molar-refractivity contribution in [3.8, 4) is 0 Å². The number of phosphoric ester groups is 2. The number of aliphatic hydroxyl groups is 1. The fourth-order valence-corrected chi connectivity index (χ4v) is 16.2. The summed E-state index contributed by atoms with van der Waals surface area (Å²) in [5, 5.41) is 10.7. The van der Waals surface area contributed by atoms with E-state index in [-0.39, 0.29) is 25.7 Å². The van der Waals surface area contributed by atoms with Crippen LogP contribution in [0.15, 0.2) is 0 Å². The summed E-state index contributed by atoms with van der Waals surface area (Å²) >= 11 is 0. The molecule has 0 aliphatic rings. The van der Waals surface area contributed by atoms with Gasteiger partial charge in [0.05, 0.1) is 26.4 Å². The van der Waals surface area contributed by atoms with Crippen molar-refractivity contribution in [1.82, 2.24) is 0 Å². The van der Waals surface area contributed by atoms with Crippen LogP contribution >= 0.6 is 15.6 Å². The van der Waals surface area contributed by atoms with Crippen molar-refractivity contribution in [3.63, 3.8) is 0 Å². The van der Waals surface area contributed by atoms with E-state index in [2.05, 4.69) is 27.7 Å². The van der Waals surface area contributed by atoms with Gasteiger partial charge in [0.25, 0.3) is 0 Å². The Labute approximate surface area is 683 Å². The molecule has 17 nitrogen and oxygen atoms in total. The number of unbranched alkanes of at least 4 members (excludes halogenated alkanes) is 67. The standard InChI is InChI=1S/C92H180O17P2/c1-5-9-13-17-21-25-28-31-34-37-40-42-44-46-49-51-54-57-61-65-69-73-77-90(95)103-83-88(109-92(97)79-75-71-67-63-59-56-53-50-47-45-43-41-38-35-32-29-26-22-18-14-10-6-2)85-107-111(100,101)105-81-86(93)80-104-110(98,99)106-84-87(82-102-89(94)76-72-68-64-60-24-20-16-12-8-4)108-91(96)78-74-70-66-62-58-55-52-48-39-36-33-30-27-23-19-15-11-7-3/h86-88,93H,5-85H2,1-4H3,(H,98,99)(H,100,101)/t86-,87+,88+/m0/s1. The molecule has 0 aromatic heterocycles. The summed E-state index contributed by atoms with van der Waals surface area (Å²) in [5.74, 6) is -2.09. The minimum Gasteiger partial charge on any atom is -0.462 e. The lowest BCUT2D eigenvalue weighted by Crippen LogP contribution is -2.30. The summed E-state index contributed by atoms with van der Waals surface area (Å²) in [4.78, 5) is 73.3. The third kappa shape index (κ3) is 85.8. The van der Waals surface area contributed by atoms with Gasteiger partial charge in [0.2, 0.25) is 0 Å². The fourth-order valence-electron chi connectivity index (χ4n) is 14.6. The molecule has 0 radical (unpaired) electrons. The molecule has 0 bridgehead atoms. The maximum absolute atomic E-state index is 13.2. The molecule has 5 atom stereocenters. The molecule has 0 heterocycles. The van der Waals surface area contributed by atoms with E-state index in [0.29, 0.717) is 25.7 Å². The predicted molar refractivity (Wildman–Crippen MR) is 460 cm³/mol. The van der Waals surface area contributed by atoms with Gasteiger partial charge in [0.1, 0.15) is 19.3 Å². The Morgan fingerprint density at radius 1 is 0.216 bits per heavy atom. The zero-order valence-electron chi connectivity index (χ0n) is 73.0. The minimum atomic E-state index is -4.97. The van der Waals surface area contributed by atoms with Crippen molar-refractivity contribution >= 4 is 39.5 Å². The van der Waals surface area contributed by atoms with Crippen molar-refractivity contribution in [3.05, 3.63) is 0 Å². The summed E-state index contributed by atoms with van der Waals surface area (Å²) in [7, 11) is -9.93. The minimum absolute atomic E-state index is 0.109. The van der Waals surface area contributed by atoms with Crippen molar-refractivity contribution in [2.45, 2.75) is 528 Å². The summed E-state index contributed by atoms with van der Waals surface area (Å²) in [6.45, 7) is 5.07. The number of carbonyl (C=O) groups is 4. The van der Waals surface area contributed by atoms with Crippen LogP contribution in [0.2, 0.25) is 0 Å². The number of phosphoric acid groups is 2. The van der Waals surface area contributed by atoms with Crippen molar-refractivity contribution < 1.29 is 80.2 Å². The van der Waals surface area contributed by atoms with Crippen LogP contribution in [0.4, 0.5) is 0 Å². The molecular weight excluding hydrogens is 1440 g/mol. The quantitative estimate of drug-likeness (QED) is 0.0222.